The third-order valence-electron chi connectivity index (χ3n) is 3.99. The predicted octanol–water partition coefficient (Wildman–Crippen LogP) is 2.95. The summed E-state index contributed by atoms with van der Waals surface area (Å²) in [5.74, 6) is 1.68. The molecular weight excluding hydrogens is 198 g/mol. The number of nitrogens with one attached hydrogen (secondary N) is 1. The van der Waals surface area contributed by atoms with Crippen LogP contribution in [0.25, 0.3) is 0 Å². The van der Waals surface area contributed by atoms with Gasteiger partial charge >= 0.3 is 0 Å². The van der Waals surface area contributed by atoms with Crippen molar-refractivity contribution in [1.29, 1.82) is 0 Å². The first-order valence-electron chi connectivity index (χ1n) is 6.98. The van der Waals surface area contributed by atoms with Crippen molar-refractivity contribution < 1.29 is 5.11 Å². The summed E-state index contributed by atoms with van der Waals surface area (Å²) in [5, 5.41) is 13.5. The summed E-state index contributed by atoms with van der Waals surface area (Å²) in [5.41, 5.74) is -0.521. The minimum atomic E-state index is -0.521. The second kappa shape index (κ2) is 6.61. The van der Waals surface area contributed by atoms with Crippen LogP contribution in [0.2, 0.25) is 0 Å². The van der Waals surface area contributed by atoms with E-state index >= 15 is 0 Å². The van der Waals surface area contributed by atoms with Gasteiger partial charge in [-0.05, 0) is 38.1 Å². The lowest BCUT2D eigenvalue weighted by Gasteiger charge is -2.30. The molecule has 0 aromatic rings. The fraction of sp³-hybridized carbons (Fsp3) is 1.00. The van der Waals surface area contributed by atoms with Gasteiger partial charge in [0.05, 0.1) is 5.60 Å². The number of hydrogen-bond donors (Lipinski definition) is 2. The van der Waals surface area contributed by atoms with Crippen LogP contribution in [0.4, 0.5) is 0 Å². The van der Waals surface area contributed by atoms with Crippen LogP contribution in [0.15, 0.2) is 0 Å². The fourth-order valence-electron chi connectivity index (χ4n) is 2.85. The van der Waals surface area contributed by atoms with Crippen molar-refractivity contribution in [2.45, 2.75) is 64.9 Å². The lowest BCUT2D eigenvalue weighted by molar-refractivity contribution is 0.0478. The molecule has 1 aliphatic rings. The molecule has 0 aromatic carbocycles. The van der Waals surface area contributed by atoms with E-state index in [1.807, 2.05) is 6.92 Å². The third kappa shape index (κ3) is 4.84. The molecule has 2 heteroatoms. The van der Waals surface area contributed by atoms with Crippen molar-refractivity contribution in [1.82, 2.24) is 5.32 Å². The molecule has 2 N–H and O–H groups in total. The van der Waals surface area contributed by atoms with Crippen LogP contribution in [-0.4, -0.2) is 23.8 Å². The number of aliphatic hydroxyl groups is 1. The van der Waals surface area contributed by atoms with Crippen LogP contribution >= 0.6 is 0 Å². The van der Waals surface area contributed by atoms with Gasteiger partial charge in [0, 0.05) is 6.54 Å². The SMILES string of the molecule is CCCC(C)(O)CNCC1CCCCC1C. The topological polar surface area (TPSA) is 32.3 Å². The molecule has 96 valence electrons. The summed E-state index contributed by atoms with van der Waals surface area (Å²) in [6.45, 7) is 8.26. The Labute approximate surface area is 101 Å². The summed E-state index contributed by atoms with van der Waals surface area (Å²) >= 11 is 0. The van der Waals surface area contributed by atoms with E-state index in [0.717, 1.165) is 37.8 Å². The summed E-state index contributed by atoms with van der Waals surface area (Å²) < 4.78 is 0. The second-order valence-corrected chi connectivity index (χ2v) is 5.90. The van der Waals surface area contributed by atoms with E-state index in [1.165, 1.54) is 25.7 Å². The Hall–Kier alpha value is -0.0800. The highest BCUT2D eigenvalue weighted by molar-refractivity contribution is 4.78. The van der Waals surface area contributed by atoms with Crippen molar-refractivity contribution in [3.05, 3.63) is 0 Å². The number of rotatable bonds is 6. The molecule has 0 aliphatic heterocycles. The van der Waals surface area contributed by atoms with E-state index in [-0.39, 0.29) is 0 Å². The summed E-state index contributed by atoms with van der Waals surface area (Å²) in [4.78, 5) is 0. The fourth-order valence-corrected chi connectivity index (χ4v) is 2.85. The number of hydrogen-bond acceptors (Lipinski definition) is 2. The molecular formula is C14H29NO. The van der Waals surface area contributed by atoms with E-state index in [2.05, 4.69) is 19.2 Å². The van der Waals surface area contributed by atoms with E-state index < -0.39 is 5.60 Å². The molecule has 1 saturated carbocycles. The maximum Gasteiger partial charge on any atom is 0.0743 e. The van der Waals surface area contributed by atoms with Gasteiger partial charge in [-0.15, -0.1) is 0 Å². The molecule has 0 aromatic heterocycles. The maximum absolute atomic E-state index is 10.0. The summed E-state index contributed by atoms with van der Waals surface area (Å²) in [6, 6.07) is 0. The minimum absolute atomic E-state index is 0.521. The Kier molecular flexibility index (Phi) is 5.77. The predicted molar refractivity (Wildman–Crippen MR) is 69.5 cm³/mol. The minimum Gasteiger partial charge on any atom is -0.389 e. The highest BCUT2D eigenvalue weighted by Crippen LogP contribution is 2.28. The van der Waals surface area contributed by atoms with Crippen LogP contribution in [0.1, 0.15) is 59.3 Å². The Bertz CT molecular complexity index is 191. The first kappa shape index (κ1) is 14.0. The summed E-state index contributed by atoms with van der Waals surface area (Å²) in [6.07, 6.45) is 7.49. The molecule has 0 heterocycles. The van der Waals surface area contributed by atoms with E-state index in [1.54, 1.807) is 0 Å². The van der Waals surface area contributed by atoms with Crippen molar-refractivity contribution in [2.75, 3.05) is 13.1 Å². The highest BCUT2D eigenvalue weighted by atomic mass is 16.3. The highest BCUT2D eigenvalue weighted by Gasteiger charge is 2.23. The molecule has 2 nitrogen and oxygen atoms in total. The molecule has 0 amide bonds. The largest absolute Gasteiger partial charge is 0.389 e. The van der Waals surface area contributed by atoms with Gasteiger partial charge in [0.25, 0.3) is 0 Å². The van der Waals surface area contributed by atoms with Gasteiger partial charge in [-0.3, -0.25) is 0 Å². The zero-order valence-electron chi connectivity index (χ0n) is 11.3. The Morgan fingerprint density at radius 3 is 2.62 bits per heavy atom. The zero-order valence-corrected chi connectivity index (χ0v) is 11.3. The van der Waals surface area contributed by atoms with Gasteiger partial charge in [-0.25, -0.2) is 0 Å². The average molecular weight is 227 g/mol. The first-order chi connectivity index (χ1) is 7.55. The molecule has 0 saturated heterocycles. The Morgan fingerprint density at radius 2 is 2.00 bits per heavy atom. The molecule has 0 spiro atoms. The van der Waals surface area contributed by atoms with Crippen LogP contribution in [0, 0.1) is 11.8 Å². The van der Waals surface area contributed by atoms with Crippen LogP contribution in [0.3, 0.4) is 0 Å². The smallest absolute Gasteiger partial charge is 0.0743 e. The molecule has 1 aliphatic carbocycles. The molecule has 3 atom stereocenters. The van der Waals surface area contributed by atoms with Crippen molar-refractivity contribution in [3.8, 4) is 0 Å². The van der Waals surface area contributed by atoms with Crippen LogP contribution < -0.4 is 5.32 Å². The molecule has 1 fully saturated rings. The molecule has 0 bridgehead atoms. The van der Waals surface area contributed by atoms with E-state index in [9.17, 15) is 5.11 Å². The van der Waals surface area contributed by atoms with Gasteiger partial charge in [0.1, 0.15) is 0 Å². The lowest BCUT2D eigenvalue weighted by atomic mass is 9.80. The zero-order chi connectivity index (χ0) is 12.0. The van der Waals surface area contributed by atoms with Crippen molar-refractivity contribution in [2.24, 2.45) is 11.8 Å². The molecule has 1 rings (SSSR count). The Morgan fingerprint density at radius 1 is 1.31 bits per heavy atom. The van der Waals surface area contributed by atoms with Crippen LogP contribution in [0.5, 0.6) is 0 Å². The third-order valence-corrected chi connectivity index (χ3v) is 3.99. The van der Waals surface area contributed by atoms with Gasteiger partial charge < -0.3 is 10.4 Å². The van der Waals surface area contributed by atoms with Gasteiger partial charge in [0.2, 0.25) is 0 Å². The summed E-state index contributed by atoms with van der Waals surface area (Å²) in [7, 11) is 0. The maximum atomic E-state index is 10.0. The molecule has 0 radical (unpaired) electrons. The second-order valence-electron chi connectivity index (χ2n) is 5.90. The quantitative estimate of drug-likeness (QED) is 0.731. The molecule has 3 unspecified atom stereocenters. The average Bonchev–Trinajstić information content (AvgIpc) is 2.20. The van der Waals surface area contributed by atoms with Gasteiger partial charge in [-0.2, -0.15) is 0 Å². The van der Waals surface area contributed by atoms with E-state index in [4.69, 9.17) is 0 Å². The van der Waals surface area contributed by atoms with E-state index in [0.29, 0.717) is 0 Å². The molecule has 16 heavy (non-hydrogen) atoms. The van der Waals surface area contributed by atoms with Crippen molar-refractivity contribution >= 4 is 0 Å². The standard InChI is InChI=1S/C14H29NO/c1-4-9-14(3,16)11-15-10-13-8-6-5-7-12(13)2/h12-13,15-16H,4-11H2,1-3H3. The first-order valence-corrected chi connectivity index (χ1v) is 6.98. The van der Waals surface area contributed by atoms with Gasteiger partial charge in [-0.1, -0.05) is 39.5 Å². The Balaban J connectivity index is 2.18. The monoisotopic (exact) mass is 227 g/mol. The van der Waals surface area contributed by atoms with Crippen molar-refractivity contribution in [3.63, 3.8) is 0 Å². The normalized spacial score (nSPS) is 30.0. The lowest BCUT2D eigenvalue weighted by Crippen LogP contribution is -2.40. The van der Waals surface area contributed by atoms with Gasteiger partial charge in [0.15, 0.2) is 0 Å². The van der Waals surface area contributed by atoms with Crippen LogP contribution in [-0.2, 0) is 0 Å².